The molecule has 0 bridgehead atoms. The van der Waals surface area contributed by atoms with Crippen molar-refractivity contribution in [2.45, 2.75) is 31.0 Å². The number of aliphatic hydroxyl groups is 1. The molecule has 2 atom stereocenters. The summed E-state index contributed by atoms with van der Waals surface area (Å²) < 4.78 is 130. The fraction of sp³-hybridized carbons (Fsp3) is 0.280. The van der Waals surface area contributed by atoms with Gasteiger partial charge in [-0.15, -0.1) is 26.3 Å². The highest BCUT2D eigenvalue weighted by Crippen LogP contribution is 2.46. The van der Waals surface area contributed by atoms with Gasteiger partial charge in [0.2, 0.25) is 0 Å². The Kier molecular flexibility index (Phi) is 7.52. The Morgan fingerprint density at radius 2 is 1.41 bits per heavy atom. The molecule has 0 spiro atoms. The Morgan fingerprint density at radius 3 is 2.03 bits per heavy atom. The van der Waals surface area contributed by atoms with Crippen LogP contribution in [0.4, 0.5) is 45.2 Å². The summed E-state index contributed by atoms with van der Waals surface area (Å²) in [6.45, 7) is -1.39. The second-order valence-electron chi connectivity index (χ2n) is 8.39. The number of nitrogens with zero attached hydrogens (tertiary/aromatic N) is 1. The van der Waals surface area contributed by atoms with Crippen LogP contribution in [0.2, 0.25) is 0 Å². The summed E-state index contributed by atoms with van der Waals surface area (Å²) in [7, 11) is 0. The van der Waals surface area contributed by atoms with Crippen molar-refractivity contribution < 1.29 is 58.8 Å². The van der Waals surface area contributed by atoms with Gasteiger partial charge in [-0.2, -0.15) is 13.2 Å². The number of hydrogen-bond donors (Lipinski definition) is 1. The predicted octanol–water partition coefficient (Wildman–Crippen LogP) is 7.01. The number of aliphatic hydroxyl groups excluding tert-OH is 1. The van der Waals surface area contributed by atoms with Gasteiger partial charge >= 0.3 is 18.9 Å². The summed E-state index contributed by atoms with van der Waals surface area (Å²) in [4.78, 5) is 1.11. The van der Waals surface area contributed by atoms with E-state index in [9.17, 15) is 44.6 Å². The second kappa shape index (κ2) is 10.4. The minimum absolute atomic E-state index is 0.00465. The van der Waals surface area contributed by atoms with Crippen LogP contribution in [0.25, 0.3) is 11.1 Å². The van der Waals surface area contributed by atoms with Crippen molar-refractivity contribution in [3.63, 3.8) is 0 Å². The van der Waals surface area contributed by atoms with Crippen LogP contribution in [-0.2, 0) is 0 Å². The van der Waals surface area contributed by atoms with Crippen molar-refractivity contribution >= 4 is 5.69 Å². The number of rotatable bonds is 6. The van der Waals surface area contributed by atoms with Crippen LogP contribution in [0, 0.1) is 0 Å². The third kappa shape index (κ3) is 6.99. The van der Waals surface area contributed by atoms with Gasteiger partial charge in [0.05, 0.1) is 18.3 Å². The molecule has 14 heteroatoms. The lowest BCUT2D eigenvalue weighted by atomic mass is 9.98. The van der Waals surface area contributed by atoms with Crippen LogP contribution in [0.3, 0.4) is 0 Å². The molecule has 5 nitrogen and oxygen atoms in total. The summed E-state index contributed by atoms with van der Waals surface area (Å²) in [5.41, 5.74) is 0.516. The molecule has 3 aromatic rings. The van der Waals surface area contributed by atoms with Gasteiger partial charge in [0, 0.05) is 5.56 Å². The Balaban J connectivity index is 1.77. The topological polar surface area (TPSA) is 51.2 Å². The maximum absolute atomic E-state index is 13.3. The zero-order chi connectivity index (χ0) is 28.6. The van der Waals surface area contributed by atoms with E-state index in [1.807, 2.05) is 0 Å². The number of halogens is 9. The van der Waals surface area contributed by atoms with Crippen molar-refractivity contribution in [2.75, 3.05) is 18.1 Å². The molecule has 3 aromatic carbocycles. The normalized spacial score (nSPS) is 16.8. The Morgan fingerprint density at radius 1 is 0.821 bits per heavy atom. The molecule has 0 aliphatic carbocycles. The summed E-state index contributed by atoms with van der Waals surface area (Å²) in [6, 6.07) is 12.5. The van der Waals surface area contributed by atoms with Gasteiger partial charge in [-0.3, -0.25) is 0 Å². The first-order chi connectivity index (χ1) is 18.1. The summed E-state index contributed by atoms with van der Waals surface area (Å²) >= 11 is 0. The van der Waals surface area contributed by atoms with Crippen molar-refractivity contribution in [1.82, 2.24) is 0 Å². The standard InChI is InChI=1S/C25H18F9NO4/c26-23(27,28)21(36)12-35-19-9-3-8-18(14-4-1-6-16(10-14)38-24(29,30)31)22(19)37-13-20(35)15-5-2-7-17(11-15)39-25(32,33)34/h1-11,20-21,36H,12-13H2. The van der Waals surface area contributed by atoms with Crippen LogP contribution in [0.5, 0.6) is 17.2 Å². The molecule has 1 N–H and O–H groups in total. The number of alkyl halides is 9. The van der Waals surface area contributed by atoms with Crippen LogP contribution >= 0.6 is 0 Å². The van der Waals surface area contributed by atoms with Crippen LogP contribution in [0.1, 0.15) is 11.6 Å². The van der Waals surface area contributed by atoms with Crippen molar-refractivity contribution in [2.24, 2.45) is 0 Å². The van der Waals surface area contributed by atoms with E-state index >= 15 is 0 Å². The van der Waals surface area contributed by atoms with E-state index in [-0.39, 0.29) is 34.7 Å². The van der Waals surface area contributed by atoms with E-state index in [0.717, 1.165) is 29.2 Å². The number of hydrogen-bond acceptors (Lipinski definition) is 5. The van der Waals surface area contributed by atoms with E-state index in [1.54, 1.807) is 0 Å². The highest BCUT2D eigenvalue weighted by atomic mass is 19.4. The largest absolute Gasteiger partial charge is 0.573 e. The van der Waals surface area contributed by atoms with Gasteiger partial charge in [-0.25, -0.2) is 0 Å². The molecule has 0 saturated carbocycles. The maximum atomic E-state index is 13.3. The number of benzene rings is 3. The first-order valence-corrected chi connectivity index (χ1v) is 11.1. The number of anilines is 1. The molecule has 4 rings (SSSR count). The fourth-order valence-corrected chi connectivity index (χ4v) is 4.12. The molecule has 0 amide bonds. The molecule has 1 heterocycles. The number of para-hydroxylation sites is 1. The quantitative estimate of drug-likeness (QED) is 0.325. The van der Waals surface area contributed by atoms with E-state index in [2.05, 4.69) is 9.47 Å². The fourth-order valence-electron chi connectivity index (χ4n) is 4.12. The predicted molar refractivity (Wildman–Crippen MR) is 119 cm³/mol. The third-order valence-electron chi connectivity index (χ3n) is 5.67. The van der Waals surface area contributed by atoms with Crippen LogP contribution in [0.15, 0.2) is 66.7 Å². The summed E-state index contributed by atoms with van der Waals surface area (Å²) in [5, 5.41) is 9.86. The average Bonchev–Trinajstić information content (AvgIpc) is 2.81. The lowest BCUT2D eigenvalue weighted by molar-refractivity contribution is -0.275. The molecule has 0 fully saturated rings. The molecular weight excluding hydrogens is 549 g/mol. The zero-order valence-corrected chi connectivity index (χ0v) is 19.4. The Bertz CT molecular complexity index is 1310. The van der Waals surface area contributed by atoms with Crippen molar-refractivity contribution in [1.29, 1.82) is 0 Å². The van der Waals surface area contributed by atoms with E-state index < -0.39 is 49.1 Å². The first-order valence-electron chi connectivity index (χ1n) is 11.1. The molecule has 2 unspecified atom stereocenters. The number of ether oxygens (including phenoxy) is 3. The average molecular weight is 567 g/mol. The van der Waals surface area contributed by atoms with Gasteiger partial charge in [0.1, 0.15) is 18.1 Å². The van der Waals surface area contributed by atoms with Gasteiger partial charge in [-0.1, -0.05) is 36.4 Å². The molecule has 1 aliphatic heterocycles. The molecule has 0 saturated heterocycles. The Labute approximate surface area is 214 Å². The van der Waals surface area contributed by atoms with E-state index in [0.29, 0.717) is 0 Å². The number of fused-ring (bicyclic) bond motifs is 1. The molecule has 39 heavy (non-hydrogen) atoms. The van der Waals surface area contributed by atoms with Gasteiger partial charge in [-0.05, 0) is 41.5 Å². The van der Waals surface area contributed by atoms with Crippen LogP contribution < -0.4 is 19.1 Å². The minimum atomic E-state index is -5.02. The van der Waals surface area contributed by atoms with Crippen molar-refractivity contribution in [3.05, 3.63) is 72.3 Å². The summed E-state index contributed by atoms with van der Waals surface area (Å²) in [5.74, 6) is -1.16. The molecule has 0 radical (unpaired) electrons. The van der Waals surface area contributed by atoms with Crippen molar-refractivity contribution in [3.8, 4) is 28.4 Å². The van der Waals surface area contributed by atoms with Gasteiger partial charge in [0.25, 0.3) is 0 Å². The number of β-amino-alcohol motifs (C(OH)–C–C–N with tert-alkyl or cyclic N) is 1. The van der Waals surface area contributed by atoms with Crippen LogP contribution in [-0.4, -0.2) is 43.3 Å². The smallest absolute Gasteiger partial charge is 0.488 e. The van der Waals surface area contributed by atoms with E-state index in [4.69, 9.17) is 4.74 Å². The molecule has 0 aromatic heterocycles. The molecule has 210 valence electrons. The molecular formula is C25H18F9NO4. The second-order valence-corrected chi connectivity index (χ2v) is 8.39. The maximum Gasteiger partial charge on any atom is 0.573 e. The van der Waals surface area contributed by atoms with E-state index in [1.165, 1.54) is 42.5 Å². The first kappa shape index (κ1) is 28.2. The monoisotopic (exact) mass is 567 g/mol. The SMILES string of the molecule is OC(CN1c2cccc(-c3cccc(OC(F)(F)F)c3)c2OCC1c1cccc(OC(F)(F)F)c1)C(F)(F)F. The minimum Gasteiger partial charge on any atom is -0.488 e. The van der Waals surface area contributed by atoms with Gasteiger partial charge < -0.3 is 24.2 Å². The Hall–Kier alpha value is -3.81. The lowest BCUT2D eigenvalue weighted by Gasteiger charge is -2.41. The third-order valence-corrected chi connectivity index (χ3v) is 5.67. The zero-order valence-electron chi connectivity index (χ0n) is 19.4. The lowest BCUT2D eigenvalue weighted by Crippen LogP contribution is -2.46. The molecule has 1 aliphatic rings. The highest BCUT2D eigenvalue weighted by Gasteiger charge is 2.42. The van der Waals surface area contributed by atoms with Gasteiger partial charge in [0.15, 0.2) is 11.9 Å². The highest BCUT2D eigenvalue weighted by molar-refractivity contribution is 5.80. The summed E-state index contributed by atoms with van der Waals surface area (Å²) in [6.07, 6.45) is -17.8.